The highest BCUT2D eigenvalue weighted by Crippen LogP contribution is 2.26. The molecule has 5 nitrogen and oxygen atoms in total. The molecule has 2 heterocycles. The number of aromatic nitrogens is 1. The minimum atomic E-state index is -0.0638. The summed E-state index contributed by atoms with van der Waals surface area (Å²) in [5, 5.41) is 5.96. The predicted octanol–water partition coefficient (Wildman–Crippen LogP) is 3.84. The summed E-state index contributed by atoms with van der Waals surface area (Å²) in [6, 6.07) is 4.04. The molecule has 2 fully saturated rings. The molecule has 3 rings (SSSR count). The van der Waals surface area contributed by atoms with E-state index in [0.717, 1.165) is 43.4 Å². The van der Waals surface area contributed by atoms with Gasteiger partial charge < -0.3 is 15.5 Å². The SMILES string of the molecule is O=C(NCCC1CCCC1)NCc1ccnc(N2CCCCCC2)c1. The molecule has 1 aliphatic carbocycles. The molecule has 1 aliphatic heterocycles. The van der Waals surface area contributed by atoms with Crippen molar-refractivity contribution in [2.75, 3.05) is 24.5 Å². The first-order chi connectivity index (χ1) is 12.3. The van der Waals surface area contributed by atoms with Crippen molar-refractivity contribution in [2.45, 2.75) is 64.3 Å². The Morgan fingerprint density at radius 2 is 1.84 bits per heavy atom. The third kappa shape index (κ3) is 5.91. The van der Waals surface area contributed by atoms with E-state index in [9.17, 15) is 4.79 Å². The number of hydrogen-bond acceptors (Lipinski definition) is 3. The van der Waals surface area contributed by atoms with Crippen molar-refractivity contribution in [1.29, 1.82) is 0 Å². The van der Waals surface area contributed by atoms with Crippen molar-refractivity contribution >= 4 is 11.8 Å². The second-order valence-electron chi connectivity index (χ2n) is 7.47. The zero-order valence-electron chi connectivity index (χ0n) is 15.3. The van der Waals surface area contributed by atoms with Crippen molar-refractivity contribution in [2.24, 2.45) is 5.92 Å². The summed E-state index contributed by atoms with van der Waals surface area (Å²) < 4.78 is 0. The van der Waals surface area contributed by atoms with E-state index in [1.165, 1.54) is 51.4 Å². The molecule has 0 radical (unpaired) electrons. The van der Waals surface area contributed by atoms with Crippen LogP contribution in [-0.2, 0) is 6.54 Å². The average molecular weight is 345 g/mol. The van der Waals surface area contributed by atoms with Gasteiger partial charge in [-0.05, 0) is 42.9 Å². The van der Waals surface area contributed by atoms with Crippen LogP contribution >= 0.6 is 0 Å². The lowest BCUT2D eigenvalue weighted by molar-refractivity contribution is 0.239. The third-order valence-electron chi connectivity index (χ3n) is 5.51. The van der Waals surface area contributed by atoms with Crippen LogP contribution in [0.1, 0.15) is 63.4 Å². The van der Waals surface area contributed by atoms with Gasteiger partial charge in [-0.25, -0.2) is 9.78 Å². The molecule has 0 spiro atoms. The molecule has 25 heavy (non-hydrogen) atoms. The summed E-state index contributed by atoms with van der Waals surface area (Å²) >= 11 is 0. The van der Waals surface area contributed by atoms with Gasteiger partial charge in [0.2, 0.25) is 0 Å². The molecule has 0 atom stereocenters. The normalized spacial score (nSPS) is 18.8. The molecule has 1 saturated heterocycles. The van der Waals surface area contributed by atoms with Crippen LogP contribution in [0.2, 0.25) is 0 Å². The molecule has 0 bridgehead atoms. The van der Waals surface area contributed by atoms with E-state index < -0.39 is 0 Å². The first kappa shape index (κ1) is 18.0. The monoisotopic (exact) mass is 344 g/mol. The van der Waals surface area contributed by atoms with E-state index in [4.69, 9.17) is 0 Å². The van der Waals surface area contributed by atoms with Crippen LogP contribution in [-0.4, -0.2) is 30.6 Å². The Morgan fingerprint density at radius 3 is 2.60 bits per heavy atom. The molecular weight excluding hydrogens is 312 g/mol. The number of anilines is 1. The molecule has 138 valence electrons. The fourth-order valence-electron chi connectivity index (χ4n) is 3.98. The highest BCUT2D eigenvalue weighted by molar-refractivity contribution is 5.73. The van der Waals surface area contributed by atoms with Crippen LogP contribution in [0.25, 0.3) is 0 Å². The Morgan fingerprint density at radius 1 is 1.08 bits per heavy atom. The fraction of sp³-hybridized carbons (Fsp3) is 0.700. The maximum Gasteiger partial charge on any atom is 0.315 e. The lowest BCUT2D eigenvalue weighted by Gasteiger charge is -2.21. The van der Waals surface area contributed by atoms with E-state index in [1.54, 1.807) is 0 Å². The van der Waals surface area contributed by atoms with Crippen LogP contribution in [0.4, 0.5) is 10.6 Å². The minimum Gasteiger partial charge on any atom is -0.357 e. The van der Waals surface area contributed by atoms with E-state index in [2.05, 4.69) is 26.6 Å². The number of nitrogens with zero attached hydrogens (tertiary/aromatic N) is 2. The Kier molecular flexibility index (Phi) is 6.95. The van der Waals surface area contributed by atoms with Gasteiger partial charge in [-0.15, -0.1) is 0 Å². The van der Waals surface area contributed by atoms with Gasteiger partial charge >= 0.3 is 6.03 Å². The van der Waals surface area contributed by atoms with Crippen molar-refractivity contribution < 1.29 is 4.79 Å². The number of amides is 2. The molecular formula is C20H32N4O. The quantitative estimate of drug-likeness (QED) is 0.824. The van der Waals surface area contributed by atoms with Gasteiger partial charge in [-0.1, -0.05) is 38.5 Å². The van der Waals surface area contributed by atoms with Crippen LogP contribution in [0.15, 0.2) is 18.3 Å². The maximum absolute atomic E-state index is 12.0. The average Bonchev–Trinajstić information content (AvgIpc) is 3.00. The lowest BCUT2D eigenvalue weighted by atomic mass is 10.0. The largest absolute Gasteiger partial charge is 0.357 e. The Balaban J connectivity index is 1.41. The van der Waals surface area contributed by atoms with Gasteiger partial charge in [0.15, 0.2) is 0 Å². The second-order valence-corrected chi connectivity index (χ2v) is 7.47. The molecule has 2 aliphatic rings. The summed E-state index contributed by atoms with van der Waals surface area (Å²) in [6.45, 7) is 3.52. The summed E-state index contributed by atoms with van der Waals surface area (Å²) in [5.74, 6) is 1.86. The van der Waals surface area contributed by atoms with Crippen molar-refractivity contribution in [3.8, 4) is 0 Å². The Labute approximate surface area is 151 Å². The number of hydrogen-bond donors (Lipinski definition) is 2. The van der Waals surface area contributed by atoms with Crippen LogP contribution in [0.5, 0.6) is 0 Å². The van der Waals surface area contributed by atoms with Gasteiger partial charge in [0.05, 0.1) is 0 Å². The zero-order valence-corrected chi connectivity index (χ0v) is 15.3. The standard InChI is InChI=1S/C20H32N4O/c25-20(22-12-9-17-7-3-4-8-17)23-16-18-10-11-21-19(15-18)24-13-5-1-2-6-14-24/h10-11,15,17H,1-9,12-14,16H2,(H2,22,23,25). The molecule has 0 aromatic carbocycles. The predicted molar refractivity (Wildman–Crippen MR) is 102 cm³/mol. The number of urea groups is 1. The number of nitrogens with one attached hydrogen (secondary N) is 2. The molecule has 0 unspecified atom stereocenters. The second kappa shape index (κ2) is 9.64. The van der Waals surface area contributed by atoms with E-state index in [1.807, 2.05) is 12.3 Å². The highest BCUT2D eigenvalue weighted by Gasteiger charge is 2.15. The van der Waals surface area contributed by atoms with Crippen LogP contribution in [0, 0.1) is 5.92 Å². The number of carbonyl (C=O) groups is 1. The summed E-state index contributed by atoms with van der Waals surface area (Å²) in [6.07, 6.45) is 13.5. The first-order valence-corrected chi connectivity index (χ1v) is 10.0. The smallest absolute Gasteiger partial charge is 0.315 e. The van der Waals surface area contributed by atoms with Crippen molar-refractivity contribution in [1.82, 2.24) is 15.6 Å². The summed E-state index contributed by atoms with van der Waals surface area (Å²) in [4.78, 5) is 18.9. The van der Waals surface area contributed by atoms with Crippen LogP contribution in [0.3, 0.4) is 0 Å². The van der Waals surface area contributed by atoms with Gasteiger partial charge in [-0.2, -0.15) is 0 Å². The number of pyridine rings is 1. The van der Waals surface area contributed by atoms with Gasteiger partial charge in [0, 0.05) is 32.4 Å². The molecule has 2 N–H and O–H groups in total. The maximum atomic E-state index is 12.0. The van der Waals surface area contributed by atoms with E-state index in [-0.39, 0.29) is 6.03 Å². The van der Waals surface area contributed by atoms with Gasteiger partial charge in [0.1, 0.15) is 5.82 Å². The Bertz CT molecular complexity index is 534. The topological polar surface area (TPSA) is 57.3 Å². The Hall–Kier alpha value is -1.78. The van der Waals surface area contributed by atoms with Gasteiger partial charge in [0.25, 0.3) is 0 Å². The number of carbonyl (C=O) groups excluding carboxylic acids is 1. The first-order valence-electron chi connectivity index (χ1n) is 10.0. The molecule has 2 amide bonds. The van der Waals surface area contributed by atoms with E-state index in [0.29, 0.717) is 6.54 Å². The summed E-state index contributed by atoms with van der Waals surface area (Å²) in [5.41, 5.74) is 1.11. The number of rotatable bonds is 6. The molecule has 1 aromatic heterocycles. The fourth-order valence-corrected chi connectivity index (χ4v) is 3.98. The molecule has 5 heteroatoms. The molecule has 1 aromatic rings. The minimum absolute atomic E-state index is 0.0638. The van der Waals surface area contributed by atoms with Crippen molar-refractivity contribution in [3.63, 3.8) is 0 Å². The summed E-state index contributed by atoms with van der Waals surface area (Å²) in [7, 11) is 0. The molecule has 1 saturated carbocycles. The zero-order chi connectivity index (χ0) is 17.3. The highest BCUT2D eigenvalue weighted by atomic mass is 16.2. The lowest BCUT2D eigenvalue weighted by Crippen LogP contribution is -2.36. The third-order valence-corrected chi connectivity index (χ3v) is 5.51. The van der Waals surface area contributed by atoms with Gasteiger partial charge in [-0.3, -0.25) is 0 Å². The van der Waals surface area contributed by atoms with Crippen molar-refractivity contribution in [3.05, 3.63) is 23.9 Å². The van der Waals surface area contributed by atoms with Crippen LogP contribution < -0.4 is 15.5 Å². The van der Waals surface area contributed by atoms with E-state index >= 15 is 0 Å².